The van der Waals surface area contributed by atoms with Gasteiger partial charge in [0.25, 0.3) is 0 Å². The van der Waals surface area contributed by atoms with Crippen molar-refractivity contribution in [3.05, 3.63) is 0 Å². The van der Waals surface area contributed by atoms with Crippen LogP contribution in [0, 0.1) is 0 Å². The molecule has 0 spiro atoms. The van der Waals surface area contributed by atoms with Gasteiger partial charge in [0.05, 0.1) is 0 Å². The second-order valence-electron chi connectivity index (χ2n) is 4.60. The molecule has 86 valence electrons. The second kappa shape index (κ2) is 8.25. The summed E-state index contributed by atoms with van der Waals surface area (Å²) >= 11 is 0. The molecule has 0 aromatic heterocycles. The van der Waals surface area contributed by atoms with Crippen LogP contribution < -0.4 is 5.32 Å². The van der Waals surface area contributed by atoms with Crippen molar-refractivity contribution in [3.8, 4) is 0 Å². The molecule has 0 aromatic rings. The van der Waals surface area contributed by atoms with E-state index in [1.807, 2.05) is 0 Å². The van der Waals surface area contributed by atoms with Gasteiger partial charge in [-0.3, -0.25) is 0 Å². The molecule has 0 saturated heterocycles. The zero-order valence-electron chi connectivity index (χ0n) is 10.6. The summed E-state index contributed by atoms with van der Waals surface area (Å²) in [6.07, 6.45) is 4.00. The Morgan fingerprint density at radius 1 is 1.14 bits per heavy atom. The van der Waals surface area contributed by atoms with E-state index in [0.29, 0.717) is 12.1 Å². The lowest BCUT2D eigenvalue weighted by Gasteiger charge is -2.25. The lowest BCUT2D eigenvalue weighted by Crippen LogP contribution is -2.40. The number of unbranched alkanes of at least 4 members (excludes halogenated alkanes) is 2. The normalized spacial score (nSPS) is 13.9. The van der Waals surface area contributed by atoms with Gasteiger partial charge in [0.1, 0.15) is 0 Å². The van der Waals surface area contributed by atoms with Crippen LogP contribution in [0.25, 0.3) is 0 Å². The molecule has 2 heteroatoms. The summed E-state index contributed by atoms with van der Waals surface area (Å²) in [7, 11) is 2.22. The van der Waals surface area contributed by atoms with Crippen molar-refractivity contribution in [1.82, 2.24) is 10.2 Å². The number of hydrogen-bond acceptors (Lipinski definition) is 2. The SMILES string of the molecule is CCCCCN(C)C(C)CNC(C)C. The monoisotopic (exact) mass is 200 g/mol. The summed E-state index contributed by atoms with van der Waals surface area (Å²) in [5, 5.41) is 3.47. The zero-order chi connectivity index (χ0) is 11.0. The Kier molecular flexibility index (Phi) is 8.20. The average Bonchev–Trinajstić information content (AvgIpc) is 2.14. The topological polar surface area (TPSA) is 15.3 Å². The molecule has 14 heavy (non-hydrogen) atoms. The van der Waals surface area contributed by atoms with E-state index >= 15 is 0 Å². The molecular formula is C12H28N2. The predicted molar refractivity (Wildman–Crippen MR) is 64.8 cm³/mol. The standard InChI is InChI=1S/C12H28N2/c1-6-7-8-9-14(5)12(4)10-13-11(2)3/h11-13H,6-10H2,1-5H3. The van der Waals surface area contributed by atoms with Crippen molar-refractivity contribution in [3.63, 3.8) is 0 Å². The first-order chi connectivity index (χ1) is 6.57. The molecule has 0 aliphatic carbocycles. The fourth-order valence-electron chi connectivity index (χ4n) is 1.39. The Morgan fingerprint density at radius 3 is 2.29 bits per heavy atom. The summed E-state index contributed by atoms with van der Waals surface area (Å²) < 4.78 is 0. The van der Waals surface area contributed by atoms with Crippen LogP contribution in [-0.2, 0) is 0 Å². The predicted octanol–water partition coefficient (Wildman–Crippen LogP) is 2.49. The maximum atomic E-state index is 3.47. The molecule has 0 bridgehead atoms. The second-order valence-corrected chi connectivity index (χ2v) is 4.60. The molecule has 0 aliphatic heterocycles. The number of likely N-dealkylation sites (N-methyl/N-ethyl adjacent to an activating group) is 1. The van der Waals surface area contributed by atoms with Gasteiger partial charge >= 0.3 is 0 Å². The van der Waals surface area contributed by atoms with Crippen molar-refractivity contribution >= 4 is 0 Å². The fraction of sp³-hybridized carbons (Fsp3) is 1.00. The van der Waals surface area contributed by atoms with Gasteiger partial charge in [-0.2, -0.15) is 0 Å². The molecule has 0 aliphatic rings. The molecule has 0 saturated carbocycles. The third kappa shape index (κ3) is 7.34. The van der Waals surface area contributed by atoms with E-state index in [2.05, 4.69) is 45.0 Å². The third-order valence-corrected chi connectivity index (χ3v) is 2.69. The Balaban J connectivity index is 3.49. The largest absolute Gasteiger partial charge is 0.313 e. The lowest BCUT2D eigenvalue weighted by molar-refractivity contribution is 0.242. The Hall–Kier alpha value is -0.0800. The zero-order valence-corrected chi connectivity index (χ0v) is 10.6. The molecule has 0 rings (SSSR count). The number of hydrogen-bond donors (Lipinski definition) is 1. The molecule has 1 atom stereocenters. The van der Waals surface area contributed by atoms with Crippen LogP contribution >= 0.6 is 0 Å². The van der Waals surface area contributed by atoms with Crippen LogP contribution in [0.3, 0.4) is 0 Å². The first kappa shape index (κ1) is 13.9. The number of rotatable bonds is 8. The summed E-state index contributed by atoms with van der Waals surface area (Å²) in [5.41, 5.74) is 0. The maximum absolute atomic E-state index is 3.47. The Labute approximate surface area is 90.1 Å². The van der Waals surface area contributed by atoms with Gasteiger partial charge in [-0.15, -0.1) is 0 Å². The van der Waals surface area contributed by atoms with Crippen molar-refractivity contribution in [1.29, 1.82) is 0 Å². The summed E-state index contributed by atoms with van der Waals surface area (Å²) in [6.45, 7) is 11.3. The van der Waals surface area contributed by atoms with Gasteiger partial charge < -0.3 is 10.2 Å². The molecule has 0 radical (unpaired) electrons. The van der Waals surface area contributed by atoms with Crippen molar-refractivity contribution in [2.75, 3.05) is 20.1 Å². The first-order valence-corrected chi connectivity index (χ1v) is 6.01. The first-order valence-electron chi connectivity index (χ1n) is 6.01. The van der Waals surface area contributed by atoms with Crippen molar-refractivity contribution in [2.24, 2.45) is 0 Å². The van der Waals surface area contributed by atoms with Gasteiger partial charge in [0, 0.05) is 18.6 Å². The van der Waals surface area contributed by atoms with E-state index in [-0.39, 0.29) is 0 Å². The van der Waals surface area contributed by atoms with Gasteiger partial charge in [-0.05, 0) is 26.9 Å². The molecule has 1 N–H and O–H groups in total. The molecule has 2 nitrogen and oxygen atoms in total. The van der Waals surface area contributed by atoms with Gasteiger partial charge in [0.15, 0.2) is 0 Å². The summed E-state index contributed by atoms with van der Waals surface area (Å²) in [4.78, 5) is 2.45. The van der Waals surface area contributed by atoms with Gasteiger partial charge in [-0.1, -0.05) is 33.6 Å². The average molecular weight is 200 g/mol. The molecule has 0 fully saturated rings. The van der Waals surface area contributed by atoms with Crippen molar-refractivity contribution in [2.45, 2.75) is 59.0 Å². The van der Waals surface area contributed by atoms with Gasteiger partial charge in [-0.25, -0.2) is 0 Å². The minimum atomic E-state index is 0.599. The third-order valence-electron chi connectivity index (χ3n) is 2.69. The highest BCUT2D eigenvalue weighted by atomic mass is 15.1. The van der Waals surface area contributed by atoms with E-state index < -0.39 is 0 Å². The summed E-state index contributed by atoms with van der Waals surface area (Å²) in [6, 6.07) is 1.25. The minimum absolute atomic E-state index is 0.599. The molecule has 0 heterocycles. The maximum Gasteiger partial charge on any atom is 0.0189 e. The molecule has 0 amide bonds. The highest BCUT2D eigenvalue weighted by molar-refractivity contribution is 4.67. The smallest absolute Gasteiger partial charge is 0.0189 e. The molecular weight excluding hydrogens is 172 g/mol. The molecule has 0 aromatic carbocycles. The van der Waals surface area contributed by atoms with Crippen LogP contribution in [0.4, 0.5) is 0 Å². The van der Waals surface area contributed by atoms with Crippen LogP contribution in [0.15, 0.2) is 0 Å². The van der Waals surface area contributed by atoms with E-state index in [0.717, 1.165) is 6.54 Å². The van der Waals surface area contributed by atoms with Crippen molar-refractivity contribution < 1.29 is 0 Å². The molecule has 1 unspecified atom stereocenters. The van der Waals surface area contributed by atoms with Crippen LogP contribution in [0.2, 0.25) is 0 Å². The van der Waals surface area contributed by atoms with E-state index in [9.17, 15) is 0 Å². The lowest BCUT2D eigenvalue weighted by atomic mass is 10.2. The Morgan fingerprint density at radius 2 is 1.79 bits per heavy atom. The summed E-state index contributed by atoms with van der Waals surface area (Å²) in [5.74, 6) is 0. The highest BCUT2D eigenvalue weighted by Gasteiger charge is 2.08. The quantitative estimate of drug-likeness (QED) is 0.606. The number of nitrogens with zero attached hydrogens (tertiary/aromatic N) is 1. The highest BCUT2D eigenvalue weighted by Crippen LogP contribution is 2.00. The Bertz CT molecular complexity index is 123. The van der Waals surface area contributed by atoms with Gasteiger partial charge in [0.2, 0.25) is 0 Å². The van der Waals surface area contributed by atoms with E-state index in [4.69, 9.17) is 0 Å². The van der Waals surface area contributed by atoms with E-state index in [1.165, 1.54) is 25.8 Å². The van der Waals surface area contributed by atoms with Crippen LogP contribution in [-0.4, -0.2) is 37.1 Å². The van der Waals surface area contributed by atoms with Crippen LogP contribution in [0.1, 0.15) is 47.0 Å². The fourth-order valence-corrected chi connectivity index (χ4v) is 1.39. The minimum Gasteiger partial charge on any atom is -0.313 e. The number of nitrogens with one attached hydrogen (secondary N) is 1. The van der Waals surface area contributed by atoms with E-state index in [1.54, 1.807) is 0 Å². The van der Waals surface area contributed by atoms with Crippen LogP contribution in [0.5, 0.6) is 0 Å².